The second-order valence-corrected chi connectivity index (χ2v) is 4.77. The molecule has 1 aliphatic rings. The molecule has 2 aromatic heterocycles. The summed E-state index contributed by atoms with van der Waals surface area (Å²) in [5, 5.41) is 9.46. The van der Waals surface area contributed by atoms with Crippen LogP contribution in [0.15, 0.2) is 30.6 Å². The molecule has 7 heteroatoms. The SMILES string of the molecule is Cn1ncc2cc(N3C=Cn4nc(N)nc4C3)ccc21. The highest BCUT2D eigenvalue weighted by atomic mass is 15.4. The van der Waals surface area contributed by atoms with Crippen molar-refractivity contribution in [2.45, 2.75) is 6.54 Å². The summed E-state index contributed by atoms with van der Waals surface area (Å²) in [6, 6.07) is 6.25. The molecule has 1 aromatic carbocycles. The van der Waals surface area contributed by atoms with Crippen molar-refractivity contribution in [1.82, 2.24) is 24.5 Å². The third-order valence-electron chi connectivity index (χ3n) is 3.48. The Morgan fingerprint density at radius 1 is 1.25 bits per heavy atom. The maximum Gasteiger partial charge on any atom is 0.240 e. The summed E-state index contributed by atoms with van der Waals surface area (Å²) in [6.07, 6.45) is 5.70. The van der Waals surface area contributed by atoms with Gasteiger partial charge < -0.3 is 10.6 Å². The average molecular weight is 267 g/mol. The van der Waals surface area contributed by atoms with Crippen LogP contribution in [0.1, 0.15) is 5.82 Å². The largest absolute Gasteiger partial charge is 0.366 e. The van der Waals surface area contributed by atoms with Gasteiger partial charge in [0.05, 0.1) is 18.3 Å². The maximum atomic E-state index is 5.61. The Labute approximate surface area is 114 Å². The zero-order chi connectivity index (χ0) is 13.7. The molecule has 0 amide bonds. The molecule has 7 nitrogen and oxygen atoms in total. The van der Waals surface area contributed by atoms with Gasteiger partial charge in [0.1, 0.15) is 0 Å². The highest BCUT2D eigenvalue weighted by Gasteiger charge is 2.16. The standard InChI is InChI=1S/C13H13N7/c1-18-11-3-2-10(6-9(11)7-15-18)19-4-5-20-12(8-19)16-13(14)17-20/h2-7H,8H2,1H3,(H2,14,17). The van der Waals surface area contributed by atoms with Crippen LogP contribution in [0.25, 0.3) is 17.1 Å². The minimum Gasteiger partial charge on any atom is -0.366 e. The third-order valence-corrected chi connectivity index (χ3v) is 3.48. The van der Waals surface area contributed by atoms with Gasteiger partial charge in [0.15, 0.2) is 5.82 Å². The van der Waals surface area contributed by atoms with Crippen LogP contribution >= 0.6 is 0 Å². The summed E-state index contributed by atoms with van der Waals surface area (Å²) in [5.74, 6) is 1.13. The van der Waals surface area contributed by atoms with Gasteiger partial charge in [0.2, 0.25) is 5.95 Å². The molecule has 0 saturated carbocycles. The van der Waals surface area contributed by atoms with Crippen molar-refractivity contribution in [3.63, 3.8) is 0 Å². The molecule has 4 rings (SSSR count). The summed E-state index contributed by atoms with van der Waals surface area (Å²) in [6.45, 7) is 0.645. The van der Waals surface area contributed by atoms with E-state index in [0.717, 1.165) is 22.4 Å². The van der Waals surface area contributed by atoms with Gasteiger partial charge in [-0.15, -0.1) is 5.10 Å². The van der Waals surface area contributed by atoms with Crippen LogP contribution in [0.4, 0.5) is 11.6 Å². The molecular formula is C13H13N7. The van der Waals surface area contributed by atoms with Crippen LogP contribution in [0, 0.1) is 0 Å². The summed E-state index contributed by atoms with van der Waals surface area (Å²) in [5.41, 5.74) is 7.82. The van der Waals surface area contributed by atoms with Crippen molar-refractivity contribution in [2.24, 2.45) is 7.05 Å². The van der Waals surface area contributed by atoms with E-state index >= 15 is 0 Å². The smallest absolute Gasteiger partial charge is 0.240 e. The fourth-order valence-corrected chi connectivity index (χ4v) is 2.46. The van der Waals surface area contributed by atoms with E-state index in [9.17, 15) is 0 Å². The minimum absolute atomic E-state index is 0.300. The number of nitrogens with two attached hydrogens (primary N) is 1. The van der Waals surface area contributed by atoms with E-state index in [1.54, 1.807) is 4.68 Å². The monoisotopic (exact) mass is 267 g/mol. The molecule has 3 heterocycles. The summed E-state index contributed by atoms with van der Waals surface area (Å²) < 4.78 is 3.57. The first-order valence-electron chi connectivity index (χ1n) is 6.28. The number of nitrogen functional groups attached to an aromatic ring is 1. The zero-order valence-electron chi connectivity index (χ0n) is 10.9. The van der Waals surface area contributed by atoms with Crippen LogP contribution in [-0.4, -0.2) is 24.5 Å². The van der Waals surface area contributed by atoms with Gasteiger partial charge >= 0.3 is 0 Å². The lowest BCUT2D eigenvalue weighted by Gasteiger charge is -2.23. The first-order chi connectivity index (χ1) is 9.70. The highest BCUT2D eigenvalue weighted by molar-refractivity contribution is 5.83. The van der Waals surface area contributed by atoms with Gasteiger partial charge in [-0.3, -0.25) is 4.68 Å². The van der Waals surface area contributed by atoms with Crippen molar-refractivity contribution in [3.05, 3.63) is 36.4 Å². The maximum absolute atomic E-state index is 5.61. The first-order valence-corrected chi connectivity index (χ1v) is 6.28. The van der Waals surface area contributed by atoms with Gasteiger partial charge in [0, 0.05) is 30.5 Å². The van der Waals surface area contributed by atoms with E-state index < -0.39 is 0 Å². The van der Waals surface area contributed by atoms with Gasteiger partial charge in [-0.05, 0) is 18.2 Å². The molecule has 20 heavy (non-hydrogen) atoms. The quantitative estimate of drug-likeness (QED) is 0.716. The van der Waals surface area contributed by atoms with Crippen LogP contribution in [0.3, 0.4) is 0 Å². The second-order valence-electron chi connectivity index (χ2n) is 4.77. The predicted molar refractivity (Wildman–Crippen MR) is 76.7 cm³/mol. The normalized spacial score (nSPS) is 13.9. The van der Waals surface area contributed by atoms with Crippen LogP contribution in [0.5, 0.6) is 0 Å². The van der Waals surface area contributed by atoms with Crippen molar-refractivity contribution >= 4 is 28.7 Å². The molecule has 0 spiro atoms. The topological polar surface area (TPSA) is 77.8 Å². The third kappa shape index (κ3) is 1.56. The lowest BCUT2D eigenvalue weighted by Crippen LogP contribution is -2.22. The molecule has 3 aromatic rings. The Morgan fingerprint density at radius 3 is 3.05 bits per heavy atom. The lowest BCUT2D eigenvalue weighted by atomic mass is 10.2. The number of aryl methyl sites for hydroxylation is 1. The van der Waals surface area contributed by atoms with E-state index in [1.807, 2.05) is 30.3 Å². The Kier molecular flexibility index (Phi) is 2.11. The fourth-order valence-electron chi connectivity index (χ4n) is 2.46. The van der Waals surface area contributed by atoms with E-state index in [-0.39, 0.29) is 0 Å². The first kappa shape index (κ1) is 11.0. The number of hydrogen-bond donors (Lipinski definition) is 1. The number of aromatic nitrogens is 5. The summed E-state index contributed by atoms with van der Waals surface area (Å²) in [4.78, 5) is 6.32. The molecule has 0 bridgehead atoms. The van der Waals surface area contributed by atoms with Crippen LogP contribution < -0.4 is 10.6 Å². The molecule has 100 valence electrons. The minimum atomic E-state index is 0.300. The Balaban J connectivity index is 1.73. The van der Waals surface area contributed by atoms with Crippen LogP contribution in [-0.2, 0) is 13.6 Å². The number of nitrogens with zero attached hydrogens (tertiary/aromatic N) is 6. The lowest BCUT2D eigenvalue weighted by molar-refractivity contribution is 0.775. The van der Waals surface area contributed by atoms with Crippen molar-refractivity contribution < 1.29 is 0 Å². The average Bonchev–Trinajstić information content (AvgIpc) is 3.00. The molecule has 1 aliphatic heterocycles. The molecule has 2 N–H and O–H groups in total. The van der Waals surface area contributed by atoms with Gasteiger partial charge in [0.25, 0.3) is 0 Å². The van der Waals surface area contributed by atoms with Crippen molar-refractivity contribution in [1.29, 1.82) is 0 Å². The number of hydrogen-bond acceptors (Lipinski definition) is 5. The van der Waals surface area contributed by atoms with E-state index in [4.69, 9.17) is 5.73 Å². The number of benzene rings is 1. The fraction of sp³-hybridized carbons (Fsp3) is 0.154. The van der Waals surface area contributed by atoms with Crippen molar-refractivity contribution in [3.8, 4) is 0 Å². The highest BCUT2D eigenvalue weighted by Crippen LogP contribution is 2.25. The molecule has 0 atom stereocenters. The zero-order valence-corrected chi connectivity index (χ0v) is 10.9. The molecular weight excluding hydrogens is 254 g/mol. The molecule has 0 radical (unpaired) electrons. The van der Waals surface area contributed by atoms with E-state index in [0.29, 0.717) is 12.5 Å². The molecule has 0 unspecified atom stereocenters. The number of fused-ring (bicyclic) bond motifs is 2. The van der Waals surface area contributed by atoms with E-state index in [1.165, 1.54) is 0 Å². The van der Waals surface area contributed by atoms with E-state index in [2.05, 4.69) is 38.3 Å². The summed E-state index contributed by atoms with van der Waals surface area (Å²) in [7, 11) is 1.94. The van der Waals surface area contributed by atoms with Gasteiger partial charge in [-0.1, -0.05) is 0 Å². The predicted octanol–water partition coefficient (Wildman–Crippen LogP) is 1.20. The Morgan fingerprint density at radius 2 is 2.15 bits per heavy atom. The number of rotatable bonds is 1. The summed E-state index contributed by atoms with van der Waals surface area (Å²) >= 11 is 0. The van der Waals surface area contributed by atoms with Crippen LogP contribution in [0.2, 0.25) is 0 Å². The molecule has 0 aliphatic carbocycles. The van der Waals surface area contributed by atoms with Gasteiger partial charge in [-0.2, -0.15) is 10.1 Å². The number of anilines is 2. The van der Waals surface area contributed by atoms with Gasteiger partial charge in [-0.25, -0.2) is 4.68 Å². The molecule has 0 saturated heterocycles. The molecule has 0 fully saturated rings. The Hall–Kier alpha value is -2.83. The Bertz CT molecular complexity index is 826. The second kappa shape index (κ2) is 3.83. The van der Waals surface area contributed by atoms with Crippen molar-refractivity contribution in [2.75, 3.05) is 10.6 Å².